The van der Waals surface area contributed by atoms with E-state index in [2.05, 4.69) is 6.58 Å². The van der Waals surface area contributed by atoms with E-state index in [0.717, 1.165) is 0 Å². The van der Waals surface area contributed by atoms with Crippen LogP contribution >= 0.6 is 0 Å². The molecule has 0 fully saturated rings. The van der Waals surface area contributed by atoms with E-state index >= 15 is 0 Å². The summed E-state index contributed by atoms with van der Waals surface area (Å²) in [7, 11) is 1.59. The molecule has 0 aliphatic carbocycles. The molecule has 1 atom stereocenters. The highest BCUT2D eigenvalue weighted by atomic mass is 16.5. The first kappa shape index (κ1) is 13.1. The number of esters is 1. The molecule has 100 valence electrons. The van der Waals surface area contributed by atoms with E-state index in [-0.39, 0.29) is 17.3 Å². The van der Waals surface area contributed by atoms with Crippen LogP contribution in [0.3, 0.4) is 0 Å². The molecule has 5 nitrogen and oxygen atoms in total. The number of para-hydroxylation sites is 1. The van der Waals surface area contributed by atoms with Gasteiger partial charge >= 0.3 is 11.7 Å². The minimum absolute atomic E-state index is 0.246. The highest BCUT2D eigenvalue weighted by molar-refractivity contribution is 6.01. The fraction of sp³-hybridized carbons (Fsp3) is 0.286. The Balaban J connectivity index is 2.45. The van der Waals surface area contributed by atoms with Gasteiger partial charge in [0.05, 0.1) is 5.52 Å². The minimum atomic E-state index is -0.522. The molecule has 2 rings (SSSR count). The lowest BCUT2D eigenvalue weighted by atomic mass is 10.2. The molecule has 0 spiro atoms. The Morgan fingerprint density at radius 3 is 2.95 bits per heavy atom. The monoisotopic (exact) mass is 261 g/mol. The molecule has 0 saturated carbocycles. The molecule has 19 heavy (non-hydrogen) atoms. The average Bonchev–Trinajstić information content (AvgIpc) is 2.71. The maximum absolute atomic E-state index is 12.1. The summed E-state index contributed by atoms with van der Waals surface area (Å²) < 4.78 is 11.7. The van der Waals surface area contributed by atoms with Gasteiger partial charge in [0.2, 0.25) is 0 Å². The SMILES string of the molecule is C=C[C@@H](CC)OC(=O)c1cccc2c1oc(=O)n2C. The fourth-order valence-corrected chi connectivity index (χ4v) is 1.81. The summed E-state index contributed by atoms with van der Waals surface area (Å²) in [6.07, 6.45) is 1.86. The van der Waals surface area contributed by atoms with Crippen LogP contribution in [0.15, 0.2) is 40.1 Å². The van der Waals surface area contributed by atoms with E-state index in [4.69, 9.17) is 9.15 Å². The predicted octanol–water partition coefficient (Wildman–Crippen LogP) is 2.25. The Hall–Kier alpha value is -2.30. The lowest BCUT2D eigenvalue weighted by Crippen LogP contribution is -2.15. The van der Waals surface area contributed by atoms with E-state index in [9.17, 15) is 9.59 Å². The van der Waals surface area contributed by atoms with Gasteiger partial charge in [0, 0.05) is 7.05 Å². The number of aromatic nitrogens is 1. The van der Waals surface area contributed by atoms with Gasteiger partial charge in [-0.05, 0) is 18.6 Å². The molecule has 0 radical (unpaired) electrons. The summed E-state index contributed by atoms with van der Waals surface area (Å²) in [6.45, 7) is 5.50. The standard InChI is InChI=1S/C14H15NO4/c1-4-9(5-2)18-13(16)10-7-6-8-11-12(10)19-14(17)15(11)3/h4,6-9H,1,5H2,2-3H3/t9-/m0/s1. The van der Waals surface area contributed by atoms with E-state index in [1.807, 2.05) is 6.92 Å². The molecule has 1 heterocycles. The number of oxazole rings is 1. The number of rotatable bonds is 4. The molecule has 0 unspecified atom stereocenters. The third kappa shape index (κ3) is 2.31. The molecular weight excluding hydrogens is 246 g/mol. The van der Waals surface area contributed by atoms with Gasteiger partial charge in [0.25, 0.3) is 0 Å². The number of aryl methyl sites for hydroxylation is 1. The Labute approximate surface area is 110 Å². The fourth-order valence-electron chi connectivity index (χ4n) is 1.81. The number of fused-ring (bicyclic) bond motifs is 1. The number of hydrogen-bond acceptors (Lipinski definition) is 4. The number of nitrogens with zero attached hydrogens (tertiary/aromatic N) is 1. The minimum Gasteiger partial charge on any atom is -0.454 e. The zero-order chi connectivity index (χ0) is 14.0. The van der Waals surface area contributed by atoms with Gasteiger partial charge in [-0.2, -0.15) is 0 Å². The Bertz CT molecular complexity index is 680. The first-order valence-corrected chi connectivity index (χ1v) is 6.00. The van der Waals surface area contributed by atoms with E-state index in [0.29, 0.717) is 11.9 Å². The molecule has 0 N–H and O–H groups in total. The van der Waals surface area contributed by atoms with Gasteiger partial charge in [0.15, 0.2) is 5.58 Å². The van der Waals surface area contributed by atoms with Crippen molar-refractivity contribution in [1.82, 2.24) is 4.57 Å². The van der Waals surface area contributed by atoms with Gasteiger partial charge < -0.3 is 9.15 Å². The number of carbonyl (C=O) groups excluding carboxylic acids is 1. The average molecular weight is 261 g/mol. The second kappa shape index (κ2) is 5.14. The van der Waals surface area contributed by atoms with E-state index in [1.54, 1.807) is 31.3 Å². The third-order valence-electron chi connectivity index (χ3n) is 2.96. The molecule has 0 aliphatic rings. The van der Waals surface area contributed by atoms with Crippen molar-refractivity contribution in [1.29, 1.82) is 0 Å². The quantitative estimate of drug-likeness (QED) is 0.625. The summed E-state index contributed by atoms with van der Waals surface area (Å²) in [5.41, 5.74) is 1.06. The van der Waals surface area contributed by atoms with Crippen LogP contribution in [0.25, 0.3) is 11.1 Å². The van der Waals surface area contributed by atoms with Crippen molar-refractivity contribution in [3.63, 3.8) is 0 Å². The highest BCUT2D eigenvalue weighted by Crippen LogP contribution is 2.19. The molecule has 0 saturated heterocycles. The van der Waals surface area contributed by atoms with Crippen LogP contribution in [0, 0.1) is 0 Å². The Kier molecular flexibility index (Phi) is 3.55. The summed E-state index contributed by atoms with van der Waals surface area (Å²) in [5, 5.41) is 0. The Morgan fingerprint density at radius 2 is 2.32 bits per heavy atom. The lowest BCUT2D eigenvalue weighted by Gasteiger charge is -2.11. The topological polar surface area (TPSA) is 61.4 Å². The van der Waals surface area contributed by atoms with Crippen LogP contribution in [0.1, 0.15) is 23.7 Å². The maximum atomic E-state index is 12.1. The second-order valence-electron chi connectivity index (χ2n) is 4.17. The summed E-state index contributed by atoms with van der Waals surface area (Å²) in [5.74, 6) is -1.03. The molecular formula is C14H15NO4. The van der Waals surface area contributed by atoms with Crippen molar-refractivity contribution in [2.24, 2.45) is 7.05 Å². The van der Waals surface area contributed by atoms with Gasteiger partial charge in [-0.3, -0.25) is 4.57 Å². The first-order valence-electron chi connectivity index (χ1n) is 6.00. The van der Waals surface area contributed by atoms with Crippen molar-refractivity contribution in [2.45, 2.75) is 19.4 Å². The molecule has 0 bridgehead atoms. The number of benzene rings is 1. The van der Waals surface area contributed by atoms with Gasteiger partial charge in [0.1, 0.15) is 11.7 Å². The molecule has 5 heteroatoms. The van der Waals surface area contributed by atoms with E-state index < -0.39 is 11.7 Å². The zero-order valence-electron chi connectivity index (χ0n) is 10.9. The van der Waals surface area contributed by atoms with Crippen LogP contribution in [0.5, 0.6) is 0 Å². The van der Waals surface area contributed by atoms with Crippen molar-refractivity contribution in [3.8, 4) is 0 Å². The second-order valence-corrected chi connectivity index (χ2v) is 4.17. The van der Waals surface area contributed by atoms with Crippen LogP contribution in [-0.4, -0.2) is 16.6 Å². The maximum Gasteiger partial charge on any atom is 0.419 e. The lowest BCUT2D eigenvalue weighted by molar-refractivity contribution is 0.0390. The van der Waals surface area contributed by atoms with Crippen LogP contribution in [-0.2, 0) is 11.8 Å². The van der Waals surface area contributed by atoms with Crippen molar-refractivity contribution in [3.05, 3.63) is 47.0 Å². The first-order chi connectivity index (χ1) is 9.08. The molecule has 0 amide bonds. The highest BCUT2D eigenvalue weighted by Gasteiger charge is 2.18. The number of ether oxygens (including phenoxy) is 1. The molecule has 2 aromatic rings. The number of hydrogen-bond donors (Lipinski definition) is 0. The van der Waals surface area contributed by atoms with E-state index in [1.165, 1.54) is 4.57 Å². The summed E-state index contributed by atoms with van der Waals surface area (Å²) in [4.78, 5) is 23.5. The largest absolute Gasteiger partial charge is 0.454 e. The van der Waals surface area contributed by atoms with Crippen LogP contribution in [0.4, 0.5) is 0 Å². The smallest absolute Gasteiger partial charge is 0.419 e. The Morgan fingerprint density at radius 1 is 1.58 bits per heavy atom. The normalized spacial score (nSPS) is 12.3. The van der Waals surface area contributed by atoms with Crippen LogP contribution < -0.4 is 5.76 Å². The van der Waals surface area contributed by atoms with Gasteiger partial charge in [-0.1, -0.05) is 25.6 Å². The van der Waals surface area contributed by atoms with Gasteiger partial charge in [-0.15, -0.1) is 0 Å². The number of carbonyl (C=O) groups is 1. The summed E-state index contributed by atoms with van der Waals surface area (Å²) >= 11 is 0. The predicted molar refractivity (Wildman–Crippen MR) is 71.1 cm³/mol. The van der Waals surface area contributed by atoms with Crippen LogP contribution in [0.2, 0.25) is 0 Å². The van der Waals surface area contributed by atoms with Crippen molar-refractivity contribution < 1.29 is 13.9 Å². The van der Waals surface area contributed by atoms with Crippen molar-refractivity contribution in [2.75, 3.05) is 0 Å². The third-order valence-corrected chi connectivity index (χ3v) is 2.96. The molecule has 0 aliphatic heterocycles. The van der Waals surface area contributed by atoms with Gasteiger partial charge in [-0.25, -0.2) is 9.59 Å². The summed E-state index contributed by atoms with van der Waals surface area (Å²) in [6, 6.07) is 4.97. The zero-order valence-corrected chi connectivity index (χ0v) is 10.9. The van der Waals surface area contributed by atoms with Crippen molar-refractivity contribution >= 4 is 17.1 Å². The molecule has 1 aromatic heterocycles. The molecule has 1 aromatic carbocycles.